The number of halogens is 2. The van der Waals surface area contributed by atoms with Crippen LogP contribution in [0.3, 0.4) is 0 Å². The zero-order valence-electron chi connectivity index (χ0n) is 8.06. The molecule has 7 heteroatoms. The monoisotopic (exact) mass is 249 g/mol. The second-order valence-corrected chi connectivity index (χ2v) is 4.65. The van der Waals surface area contributed by atoms with Gasteiger partial charge in [-0.25, -0.2) is 13.1 Å². The van der Waals surface area contributed by atoms with Gasteiger partial charge in [-0.05, 0) is 0 Å². The van der Waals surface area contributed by atoms with Crippen molar-refractivity contribution in [2.24, 2.45) is 0 Å². The number of sulfonamides is 1. The third-order valence-electron chi connectivity index (χ3n) is 1.76. The van der Waals surface area contributed by atoms with Gasteiger partial charge in [0.05, 0.1) is 6.54 Å². The van der Waals surface area contributed by atoms with E-state index in [0.29, 0.717) is 0 Å². The van der Waals surface area contributed by atoms with Crippen LogP contribution in [0.4, 0.5) is 8.78 Å². The van der Waals surface area contributed by atoms with E-state index in [1.54, 1.807) is 18.2 Å². The lowest BCUT2D eigenvalue weighted by molar-refractivity contribution is 0.0996. The lowest BCUT2D eigenvalue weighted by Gasteiger charge is -2.04. The Morgan fingerprint density at radius 3 is 2.31 bits per heavy atom. The zero-order chi connectivity index (χ0) is 12.2. The normalized spacial score (nSPS) is 11.7. The third kappa shape index (κ3) is 3.35. The highest BCUT2D eigenvalue weighted by Gasteiger charge is 2.24. The van der Waals surface area contributed by atoms with Crippen molar-refractivity contribution in [3.8, 4) is 0 Å². The Kier molecular flexibility index (Phi) is 4.08. The minimum absolute atomic E-state index is 0.263. The van der Waals surface area contributed by atoms with E-state index in [4.69, 9.17) is 0 Å². The molecule has 0 atom stereocenters. The minimum Gasteiger partial charge on any atom is -0.293 e. The summed E-state index contributed by atoms with van der Waals surface area (Å²) in [5.74, 6) is -4.10. The first-order valence-electron chi connectivity index (χ1n) is 4.28. The molecule has 0 saturated heterocycles. The van der Waals surface area contributed by atoms with E-state index >= 15 is 0 Å². The molecule has 1 rings (SSSR count). The van der Waals surface area contributed by atoms with Gasteiger partial charge >= 0.3 is 5.76 Å². The molecule has 0 radical (unpaired) electrons. The predicted octanol–water partition coefficient (Wildman–Crippen LogP) is 1.01. The molecule has 16 heavy (non-hydrogen) atoms. The van der Waals surface area contributed by atoms with Gasteiger partial charge in [-0.1, -0.05) is 30.3 Å². The van der Waals surface area contributed by atoms with Crippen LogP contribution in [0.5, 0.6) is 0 Å². The number of Topliss-reactive ketones (excluding diaryl/α,β-unsaturated/α-hetero) is 1. The fraction of sp³-hybridized carbons (Fsp3) is 0.222. The van der Waals surface area contributed by atoms with E-state index in [1.165, 1.54) is 16.9 Å². The molecule has 88 valence electrons. The molecule has 1 aromatic rings. The highest BCUT2D eigenvalue weighted by atomic mass is 32.2. The Hall–Kier alpha value is -1.34. The van der Waals surface area contributed by atoms with Crippen LogP contribution < -0.4 is 4.72 Å². The smallest absolute Gasteiger partial charge is 0.293 e. The van der Waals surface area contributed by atoms with Crippen molar-refractivity contribution < 1.29 is 22.0 Å². The number of benzene rings is 1. The summed E-state index contributed by atoms with van der Waals surface area (Å²) in [6.45, 7) is -0.670. The van der Waals surface area contributed by atoms with E-state index in [9.17, 15) is 22.0 Å². The van der Waals surface area contributed by atoms with Gasteiger partial charge < -0.3 is 0 Å². The first kappa shape index (κ1) is 12.7. The number of rotatable bonds is 5. The maximum absolute atomic E-state index is 11.9. The van der Waals surface area contributed by atoms with Gasteiger partial charge in [0.2, 0.25) is 0 Å². The second-order valence-electron chi connectivity index (χ2n) is 2.92. The average molecular weight is 249 g/mol. The second kappa shape index (κ2) is 5.13. The maximum atomic E-state index is 11.9. The van der Waals surface area contributed by atoms with Gasteiger partial charge in [0.15, 0.2) is 5.78 Å². The Balaban J connectivity index is 2.62. The minimum atomic E-state index is -4.71. The molecule has 1 N–H and O–H groups in total. The predicted molar refractivity (Wildman–Crippen MR) is 53.7 cm³/mol. The van der Waals surface area contributed by atoms with Crippen LogP contribution in [0.15, 0.2) is 30.3 Å². The summed E-state index contributed by atoms with van der Waals surface area (Å²) in [7, 11) is -4.71. The third-order valence-corrected chi connectivity index (χ3v) is 2.78. The van der Waals surface area contributed by atoms with Gasteiger partial charge in [-0.15, -0.1) is 0 Å². The molecule has 0 bridgehead atoms. The van der Waals surface area contributed by atoms with Gasteiger partial charge in [-0.2, -0.15) is 8.78 Å². The van der Waals surface area contributed by atoms with E-state index in [-0.39, 0.29) is 5.56 Å². The van der Waals surface area contributed by atoms with Crippen molar-refractivity contribution in [1.82, 2.24) is 4.72 Å². The summed E-state index contributed by atoms with van der Waals surface area (Å²) in [4.78, 5) is 11.3. The van der Waals surface area contributed by atoms with E-state index in [0.717, 1.165) is 0 Å². The molecule has 1 aromatic carbocycles. The van der Waals surface area contributed by atoms with Crippen molar-refractivity contribution >= 4 is 15.8 Å². The number of hydrogen-bond donors (Lipinski definition) is 1. The first-order chi connectivity index (χ1) is 7.43. The van der Waals surface area contributed by atoms with Gasteiger partial charge in [0.1, 0.15) is 0 Å². The Morgan fingerprint density at radius 1 is 1.25 bits per heavy atom. The molecule has 0 saturated carbocycles. The van der Waals surface area contributed by atoms with Crippen molar-refractivity contribution in [2.75, 3.05) is 6.54 Å². The Labute approximate surface area is 91.3 Å². The highest BCUT2D eigenvalue weighted by molar-refractivity contribution is 7.89. The molecular weight excluding hydrogens is 240 g/mol. The molecule has 0 aliphatic heterocycles. The van der Waals surface area contributed by atoms with Crippen LogP contribution in [-0.4, -0.2) is 26.5 Å². The van der Waals surface area contributed by atoms with Crippen molar-refractivity contribution in [1.29, 1.82) is 0 Å². The molecule has 0 fully saturated rings. The molecule has 4 nitrogen and oxygen atoms in total. The fourth-order valence-corrected chi connectivity index (χ4v) is 1.41. The van der Waals surface area contributed by atoms with Gasteiger partial charge in [-0.3, -0.25) is 4.79 Å². The van der Waals surface area contributed by atoms with Crippen molar-refractivity contribution in [3.63, 3.8) is 0 Å². The van der Waals surface area contributed by atoms with Gasteiger partial charge in [0.25, 0.3) is 10.0 Å². The van der Waals surface area contributed by atoms with Crippen molar-refractivity contribution in [3.05, 3.63) is 35.9 Å². The molecule has 0 amide bonds. The van der Waals surface area contributed by atoms with Crippen LogP contribution in [0.2, 0.25) is 0 Å². The molecular formula is C9H9F2NO3S. The quantitative estimate of drug-likeness (QED) is 0.792. The summed E-state index contributed by atoms with van der Waals surface area (Å²) in [5.41, 5.74) is 0.263. The summed E-state index contributed by atoms with van der Waals surface area (Å²) < 4.78 is 46.6. The molecule has 0 aliphatic carbocycles. The largest absolute Gasteiger partial charge is 0.350 e. The summed E-state index contributed by atoms with van der Waals surface area (Å²) in [6.07, 6.45) is 0. The number of hydrogen-bond acceptors (Lipinski definition) is 3. The highest BCUT2D eigenvalue weighted by Crippen LogP contribution is 2.03. The maximum Gasteiger partial charge on any atom is 0.350 e. The lowest BCUT2D eigenvalue weighted by atomic mass is 10.1. The molecule has 0 unspecified atom stereocenters. The fourth-order valence-electron chi connectivity index (χ4n) is 0.955. The molecule has 0 aliphatic rings. The SMILES string of the molecule is O=C(CNS(=O)(=O)C(F)F)c1ccccc1. The lowest BCUT2D eigenvalue weighted by Crippen LogP contribution is -2.33. The molecule has 0 aromatic heterocycles. The van der Waals surface area contributed by atoms with E-state index in [1.807, 2.05) is 0 Å². The Bertz CT molecular complexity index is 459. The number of nitrogens with one attached hydrogen (secondary N) is 1. The van der Waals surface area contributed by atoms with Crippen molar-refractivity contribution in [2.45, 2.75) is 5.76 Å². The topological polar surface area (TPSA) is 63.2 Å². The molecule has 0 spiro atoms. The summed E-state index contributed by atoms with van der Waals surface area (Å²) in [5, 5.41) is 0. The first-order valence-corrected chi connectivity index (χ1v) is 5.83. The van der Waals surface area contributed by atoms with Crippen LogP contribution in [-0.2, 0) is 10.0 Å². The van der Waals surface area contributed by atoms with Gasteiger partial charge in [0, 0.05) is 5.56 Å². The zero-order valence-corrected chi connectivity index (χ0v) is 8.88. The summed E-state index contributed by atoms with van der Waals surface area (Å²) >= 11 is 0. The number of ketones is 1. The van der Waals surface area contributed by atoms with Crippen LogP contribution in [0.25, 0.3) is 0 Å². The number of alkyl halides is 2. The van der Waals surface area contributed by atoms with Crippen LogP contribution >= 0.6 is 0 Å². The van der Waals surface area contributed by atoms with E-state index in [2.05, 4.69) is 0 Å². The van der Waals surface area contributed by atoms with Crippen LogP contribution in [0, 0.1) is 0 Å². The standard InChI is InChI=1S/C9H9F2NO3S/c10-9(11)16(14,15)12-6-8(13)7-4-2-1-3-5-7/h1-5,9,12H,6H2. The number of carbonyl (C=O) groups excluding carboxylic acids is 1. The van der Waals surface area contributed by atoms with E-state index < -0.39 is 28.1 Å². The molecule has 0 heterocycles. The van der Waals surface area contributed by atoms with Crippen LogP contribution in [0.1, 0.15) is 10.4 Å². The Morgan fingerprint density at radius 2 is 1.81 bits per heavy atom. The summed E-state index contributed by atoms with van der Waals surface area (Å²) in [6, 6.07) is 7.81. The average Bonchev–Trinajstić information content (AvgIpc) is 2.27. The number of carbonyl (C=O) groups is 1.